The van der Waals surface area contributed by atoms with Crippen LogP contribution in [0.5, 0.6) is 0 Å². The molecule has 3 N–H and O–H groups in total. The standard InChI is InChI=1S/C12H9N5O4S.BrH/c18-10-11(19)16-9-6(5-14-12-13-1-2-22-12)3-7(17(20)21)4-8(9)15-10;/h1-4H,5H2,(H,13,14)(H,15,18)(H,16,19);1H. The third-order valence-corrected chi connectivity index (χ3v) is 3.70. The third kappa shape index (κ3) is 3.46. The fourth-order valence-electron chi connectivity index (χ4n) is 2.01. The average molecular weight is 400 g/mol. The van der Waals surface area contributed by atoms with Gasteiger partial charge in [-0.2, -0.15) is 0 Å². The summed E-state index contributed by atoms with van der Waals surface area (Å²) >= 11 is 1.38. The highest BCUT2D eigenvalue weighted by Gasteiger charge is 2.14. The van der Waals surface area contributed by atoms with Crippen molar-refractivity contribution in [3.63, 3.8) is 0 Å². The first-order valence-corrected chi connectivity index (χ1v) is 6.99. The molecule has 23 heavy (non-hydrogen) atoms. The van der Waals surface area contributed by atoms with Gasteiger partial charge in [-0.05, 0) is 0 Å². The van der Waals surface area contributed by atoms with Gasteiger partial charge >= 0.3 is 11.1 Å². The van der Waals surface area contributed by atoms with Crippen LogP contribution in [-0.4, -0.2) is 19.9 Å². The van der Waals surface area contributed by atoms with Crippen LogP contribution in [-0.2, 0) is 6.54 Å². The second-order valence-corrected chi connectivity index (χ2v) is 5.28. The normalized spacial score (nSPS) is 10.3. The molecule has 3 rings (SSSR count). The van der Waals surface area contributed by atoms with Crippen molar-refractivity contribution in [2.45, 2.75) is 6.54 Å². The van der Waals surface area contributed by atoms with E-state index in [2.05, 4.69) is 20.3 Å². The molecule has 0 bridgehead atoms. The molecule has 0 atom stereocenters. The number of anilines is 1. The number of aromatic nitrogens is 3. The SMILES string of the molecule is Br.O=c1[nH]c2cc([N+](=O)[O-])cc(CNc3nccs3)c2[nH]c1=O. The zero-order valence-corrected chi connectivity index (χ0v) is 13.9. The lowest BCUT2D eigenvalue weighted by Gasteiger charge is -2.07. The molecule has 9 nitrogen and oxygen atoms in total. The van der Waals surface area contributed by atoms with Gasteiger partial charge in [-0.25, -0.2) is 4.98 Å². The minimum Gasteiger partial charge on any atom is -0.357 e. The lowest BCUT2D eigenvalue weighted by Crippen LogP contribution is -2.29. The molecule has 0 aliphatic carbocycles. The predicted octanol–water partition coefficient (Wildman–Crippen LogP) is 1.77. The highest BCUT2D eigenvalue weighted by molar-refractivity contribution is 8.93. The van der Waals surface area contributed by atoms with Crippen LogP contribution in [0, 0.1) is 10.1 Å². The average Bonchev–Trinajstić information content (AvgIpc) is 2.99. The number of aromatic amines is 2. The molecule has 0 aliphatic heterocycles. The molecule has 0 spiro atoms. The number of nitro benzene ring substituents is 1. The maximum Gasteiger partial charge on any atom is 0.314 e. The minimum absolute atomic E-state index is 0. The molecule has 3 aromatic rings. The molecule has 120 valence electrons. The van der Waals surface area contributed by atoms with Crippen LogP contribution in [0.1, 0.15) is 5.56 Å². The van der Waals surface area contributed by atoms with Gasteiger partial charge in [0, 0.05) is 35.8 Å². The largest absolute Gasteiger partial charge is 0.357 e. The monoisotopic (exact) mass is 399 g/mol. The first kappa shape index (κ1) is 16.8. The zero-order valence-electron chi connectivity index (χ0n) is 11.4. The summed E-state index contributed by atoms with van der Waals surface area (Å²) in [6.45, 7) is 0.216. The van der Waals surface area contributed by atoms with Crippen LogP contribution in [0.25, 0.3) is 11.0 Å². The minimum atomic E-state index is -0.855. The van der Waals surface area contributed by atoms with E-state index >= 15 is 0 Å². The van der Waals surface area contributed by atoms with Crippen LogP contribution in [0.15, 0.2) is 33.3 Å². The molecule has 2 aromatic heterocycles. The van der Waals surface area contributed by atoms with E-state index in [4.69, 9.17) is 0 Å². The molecule has 0 unspecified atom stereocenters. The number of H-pyrrole nitrogens is 2. The molecular weight excluding hydrogens is 390 g/mol. The van der Waals surface area contributed by atoms with Crippen molar-refractivity contribution in [1.29, 1.82) is 0 Å². The van der Waals surface area contributed by atoms with Crippen molar-refractivity contribution in [1.82, 2.24) is 15.0 Å². The van der Waals surface area contributed by atoms with Gasteiger partial charge in [0.15, 0.2) is 5.13 Å². The lowest BCUT2D eigenvalue weighted by molar-refractivity contribution is -0.384. The molecule has 0 aliphatic rings. The summed E-state index contributed by atoms with van der Waals surface area (Å²) < 4.78 is 0. The second-order valence-electron chi connectivity index (χ2n) is 4.38. The maximum absolute atomic E-state index is 11.5. The Hall–Kier alpha value is -2.53. The van der Waals surface area contributed by atoms with E-state index in [0.717, 1.165) is 0 Å². The number of rotatable bonds is 4. The lowest BCUT2D eigenvalue weighted by atomic mass is 10.1. The highest BCUT2D eigenvalue weighted by atomic mass is 79.9. The zero-order chi connectivity index (χ0) is 15.7. The number of fused-ring (bicyclic) bond motifs is 1. The third-order valence-electron chi connectivity index (χ3n) is 2.97. The maximum atomic E-state index is 11.5. The number of nitrogens with one attached hydrogen (secondary N) is 3. The van der Waals surface area contributed by atoms with Crippen LogP contribution in [0.3, 0.4) is 0 Å². The topological polar surface area (TPSA) is 134 Å². The van der Waals surface area contributed by atoms with Crippen molar-refractivity contribution in [2.24, 2.45) is 0 Å². The Bertz CT molecular complexity index is 966. The van der Waals surface area contributed by atoms with E-state index in [0.29, 0.717) is 16.2 Å². The number of non-ortho nitro benzene ring substituents is 1. The fourth-order valence-corrected chi connectivity index (χ4v) is 2.54. The number of nitro groups is 1. The number of hydrogen-bond acceptors (Lipinski definition) is 7. The van der Waals surface area contributed by atoms with Gasteiger partial charge in [-0.1, -0.05) is 0 Å². The molecular formula is C12H10BrN5O4S. The van der Waals surface area contributed by atoms with Crippen molar-refractivity contribution in [3.8, 4) is 0 Å². The quantitative estimate of drug-likeness (QED) is 0.347. The van der Waals surface area contributed by atoms with Gasteiger partial charge in [0.1, 0.15) is 0 Å². The molecule has 0 fully saturated rings. The van der Waals surface area contributed by atoms with Gasteiger partial charge < -0.3 is 15.3 Å². The van der Waals surface area contributed by atoms with E-state index in [1.807, 2.05) is 0 Å². The summed E-state index contributed by atoms with van der Waals surface area (Å²) in [5.41, 5.74) is -0.809. The summed E-state index contributed by atoms with van der Waals surface area (Å²) in [6, 6.07) is 2.55. The van der Waals surface area contributed by atoms with Crippen LogP contribution >= 0.6 is 28.3 Å². The Morgan fingerprint density at radius 2 is 2.00 bits per heavy atom. The van der Waals surface area contributed by atoms with Crippen molar-refractivity contribution < 1.29 is 4.92 Å². The Morgan fingerprint density at radius 3 is 2.65 bits per heavy atom. The van der Waals surface area contributed by atoms with E-state index in [-0.39, 0.29) is 34.7 Å². The first-order valence-electron chi connectivity index (χ1n) is 6.11. The molecule has 0 radical (unpaired) electrons. The second kappa shape index (κ2) is 6.71. The van der Waals surface area contributed by atoms with E-state index in [1.54, 1.807) is 11.6 Å². The molecule has 0 amide bonds. The molecule has 11 heteroatoms. The Kier molecular flexibility index (Phi) is 4.91. The van der Waals surface area contributed by atoms with Crippen LogP contribution in [0.2, 0.25) is 0 Å². The summed E-state index contributed by atoms with van der Waals surface area (Å²) in [7, 11) is 0. The van der Waals surface area contributed by atoms with Gasteiger partial charge in [0.2, 0.25) is 0 Å². The van der Waals surface area contributed by atoms with Crippen molar-refractivity contribution >= 4 is 50.2 Å². The summed E-state index contributed by atoms with van der Waals surface area (Å²) in [6.07, 6.45) is 1.62. The van der Waals surface area contributed by atoms with Gasteiger partial charge in [-0.3, -0.25) is 19.7 Å². The van der Waals surface area contributed by atoms with E-state index in [1.165, 1.54) is 23.5 Å². The van der Waals surface area contributed by atoms with Gasteiger partial charge in [0.25, 0.3) is 5.69 Å². The molecule has 0 saturated carbocycles. The van der Waals surface area contributed by atoms with Crippen molar-refractivity contribution in [2.75, 3.05) is 5.32 Å². The van der Waals surface area contributed by atoms with Crippen molar-refractivity contribution in [3.05, 3.63) is 60.1 Å². The number of nitrogens with zero attached hydrogens (tertiary/aromatic N) is 2. The Morgan fingerprint density at radius 1 is 1.26 bits per heavy atom. The fraction of sp³-hybridized carbons (Fsp3) is 0.0833. The predicted molar refractivity (Wildman–Crippen MR) is 91.6 cm³/mol. The Labute approximate surface area is 142 Å². The summed E-state index contributed by atoms with van der Waals surface area (Å²) in [5.74, 6) is 0. The van der Waals surface area contributed by atoms with Gasteiger partial charge in [-0.15, -0.1) is 28.3 Å². The van der Waals surface area contributed by atoms with E-state index < -0.39 is 16.0 Å². The molecule has 0 saturated heterocycles. The molecule has 2 heterocycles. The number of halogens is 1. The van der Waals surface area contributed by atoms with Crippen LogP contribution < -0.4 is 16.4 Å². The highest BCUT2D eigenvalue weighted by Crippen LogP contribution is 2.22. The van der Waals surface area contributed by atoms with Gasteiger partial charge in [0.05, 0.1) is 16.0 Å². The Balaban J connectivity index is 0.00000192. The first-order chi connectivity index (χ1) is 10.5. The number of hydrogen-bond donors (Lipinski definition) is 3. The summed E-state index contributed by atoms with van der Waals surface area (Å²) in [5, 5.41) is 16.4. The summed E-state index contributed by atoms with van der Waals surface area (Å²) in [4.78, 5) is 42.1. The van der Waals surface area contributed by atoms with E-state index in [9.17, 15) is 19.7 Å². The number of benzene rings is 1. The van der Waals surface area contributed by atoms with Crippen LogP contribution in [0.4, 0.5) is 10.8 Å². The molecule has 1 aromatic carbocycles. The number of thiazole rings is 1. The smallest absolute Gasteiger partial charge is 0.314 e.